The number of hydrogen-bond donors (Lipinski definition) is 1. The molecule has 1 atom stereocenters. The largest absolute Gasteiger partial charge is 0.497 e. The van der Waals surface area contributed by atoms with Crippen LogP contribution in [0.4, 0.5) is 0 Å². The first-order valence-electron chi connectivity index (χ1n) is 6.52. The summed E-state index contributed by atoms with van der Waals surface area (Å²) in [7, 11) is 3.25. The number of carbonyl (C=O) groups is 2. The van der Waals surface area contributed by atoms with E-state index in [1.807, 2.05) is 0 Å². The molecule has 6 heteroatoms. The van der Waals surface area contributed by atoms with Crippen LogP contribution in [0.3, 0.4) is 0 Å². The van der Waals surface area contributed by atoms with Crippen molar-refractivity contribution in [2.75, 3.05) is 20.7 Å². The Morgan fingerprint density at radius 2 is 2.24 bits per heavy atom. The number of methoxy groups -OCH3 is 1. The molecule has 0 radical (unpaired) electrons. The predicted molar refractivity (Wildman–Crippen MR) is 76.3 cm³/mol. The average Bonchev–Trinajstić information content (AvgIpc) is 2.78. The summed E-state index contributed by atoms with van der Waals surface area (Å²) in [5, 5.41) is 8.73. The highest BCUT2D eigenvalue weighted by atomic mass is 16.5. The Morgan fingerprint density at radius 3 is 2.81 bits per heavy atom. The first kappa shape index (κ1) is 14.9. The monoisotopic (exact) mass is 291 g/mol. The van der Waals surface area contributed by atoms with Crippen LogP contribution < -0.4 is 9.47 Å². The number of ether oxygens (including phenoxy) is 2. The van der Waals surface area contributed by atoms with Crippen LogP contribution in [0.1, 0.15) is 12.0 Å². The molecule has 1 fully saturated rings. The molecule has 1 aromatic carbocycles. The minimum absolute atomic E-state index is 0.0704. The fraction of sp³-hybridized carbons (Fsp3) is 0.333. The first-order chi connectivity index (χ1) is 10.0. The maximum atomic E-state index is 11.9. The molecule has 1 N–H and O–H groups in total. The number of carboxylic acids is 1. The Morgan fingerprint density at radius 1 is 1.48 bits per heavy atom. The van der Waals surface area contributed by atoms with Crippen molar-refractivity contribution in [2.24, 2.45) is 0 Å². The van der Waals surface area contributed by atoms with Crippen LogP contribution in [-0.2, 0) is 9.59 Å². The van der Waals surface area contributed by atoms with Gasteiger partial charge in [0.15, 0.2) is 6.10 Å². The molecule has 21 heavy (non-hydrogen) atoms. The minimum atomic E-state index is -1.06. The molecule has 1 aliphatic rings. The zero-order chi connectivity index (χ0) is 15.4. The maximum absolute atomic E-state index is 11.9. The van der Waals surface area contributed by atoms with Gasteiger partial charge in [0.05, 0.1) is 7.11 Å². The molecule has 1 saturated heterocycles. The van der Waals surface area contributed by atoms with Crippen molar-refractivity contribution in [3.63, 3.8) is 0 Å². The lowest BCUT2D eigenvalue weighted by Crippen LogP contribution is -2.29. The van der Waals surface area contributed by atoms with Crippen LogP contribution in [0.2, 0.25) is 0 Å². The molecule has 1 amide bonds. The molecule has 0 aliphatic carbocycles. The van der Waals surface area contributed by atoms with Gasteiger partial charge in [0.1, 0.15) is 11.5 Å². The van der Waals surface area contributed by atoms with Gasteiger partial charge in [-0.3, -0.25) is 4.79 Å². The van der Waals surface area contributed by atoms with E-state index in [0.717, 1.165) is 6.08 Å². The highest BCUT2D eigenvalue weighted by molar-refractivity contribution is 5.86. The number of carboxylic acid groups (broad SMARTS) is 1. The van der Waals surface area contributed by atoms with Crippen LogP contribution in [-0.4, -0.2) is 48.7 Å². The number of hydrogen-bond acceptors (Lipinski definition) is 4. The van der Waals surface area contributed by atoms with Crippen LogP contribution >= 0.6 is 0 Å². The molecular formula is C15H17NO5. The van der Waals surface area contributed by atoms with Crippen molar-refractivity contribution >= 4 is 18.0 Å². The topological polar surface area (TPSA) is 76.1 Å². The van der Waals surface area contributed by atoms with Gasteiger partial charge < -0.3 is 19.5 Å². The van der Waals surface area contributed by atoms with Gasteiger partial charge in [-0.2, -0.15) is 0 Å². The van der Waals surface area contributed by atoms with Gasteiger partial charge in [-0.1, -0.05) is 0 Å². The Hall–Kier alpha value is -2.50. The Bertz CT molecular complexity index is 581. The number of likely N-dealkylation sites (tertiary alicyclic amines) is 1. The van der Waals surface area contributed by atoms with Crippen LogP contribution in [0, 0.1) is 0 Å². The molecule has 0 bridgehead atoms. The van der Waals surface area contributed by atoms with Crippen molar-refractivity contribution < 1.29 is 24.2 Å². The predicted octanol–water partition coefficient (Wildman–Crippen LogP) is 1.40. The molecule has 0 aromatic heterocycles. The van der Waals surface area contributed by atoms with Gasteiger partial charge in [0, 0.05) is 31.7 Å². The summed E-state index contributed by atoms with van der Waals surface area (Å²) in [5.41, 5.74) is 0.555. The van der Waals surface area contributed by atoms with E-state index in [9.17, 15) is 9.59 Å². The molecule has 1 aliphatic heterocycles. The van der Waals surface area contributed by atoms with Gasteiger partial charge in [-0.15, -0.1) is 0 Å². The van der Waals surface area contributed by atoms with Crippen molar-refractivity contribution in [3.8, 4) is 11.5 Å². The van der Waals surface area contributed by atoms with E-state index in [1.165, 1.54) is 13.2 Å². The van der Waals surface area contributed by atoms with Crippen LogP contribution in [0.25, 0.3) is 6.08 Å². The second-order valence-electron chi connectivity index (χ2n) is 4.73. The lowest BCUT2D eigenvalue weighted by Gasteiger charge is -2.15. The molecule has 2 rings (SSSR count). The lowest BCUT2D eigenvalue weighted by atomic mass is 10.1. The Labute approximate surface area is 122 Å². The fourth-order valence-corrected chi connectivity index (χ4v) is 2.11. The summed E-state index contributed by atoms with van der Waals surface area (Å²) in [6.07, 6.45) is 2.53. The number of rotatable bonds is 5. The van der Waals surface area contributed by atoms with Gasteiger partial charge in [-0.05, 0) is 24.3 Å². The molecule has 0 spiro atoms. The molecule has 0 saturated carbocycles. The summed E-state index contributed by atoms with van der Waals surface area (Å²) in [6, 6.07) is 5.04. The van der Waals surface area contributed by atoms with E-state index in [4.69, 9.17) is 14.6 Å². The second-order valence-corrected chi connectivity index (χ2v) is 4.73. The second kappa shape index (κ2) is 6.30. The van der Waals surface area contributed by atoms with Gasteiger partial charge >= 0.3 is 5.97 Å². The molecule has 1 unspecified atom stereocenters. The van der Waals surface area contributed by atoms with Crippen molar-refractivity contribution in [3.05, 3.63) is 29.8 Å². The summed E-state index contributed by atoms with van der Waals surface area (Å²) in [4.78, 5) is 24.1. The number of benzene rings is 1. The quantitative estimate of drug-likeness (QED) is 0.830. The van der Waals surface area contributed by atoms with Crippen LogP contribution in [0.5, 0.6) is 11.5 Å². The Balaban J connectivity index is 2.25. The molecule has 1 heterocycles. The SMILES string of the molecule is COc1ccc(OC2CCN(C)C2=O)c(C=CC(=O)O)c1. The highest BCUT2D eigenvalue weighted by Crippen LogP contribution is 2.28. The first-order valence-corrected chi connectivity index (χ1v) is 6.52. The average molecular weight is 291 g/mol. The normalized spacial score (nSPS) is 18.3. The fourth-order valence-electron chi connectivity index (χ4n) is 2.11. The zero-order valence-electron chi connectivity index (χ0n) is 11.9. The van der Waals surface area contributed by atoms with Crippen molar-refractivity contribution in [1.82, 2.24) is 4.90 Å². The number of nitrogens with zero attached hydrogens (tertiary/aromatic N) is 1. The third-order valence-electron chi connectivity index (χ3n) is 3.27. The van der Waals surface area contributed by atoms with Gasteiger partial charge in [0.25, 0.3) is 5.91 Å². The van der Waals surface area contributed by atoms with Crippen molar-refractivity contribution in [1.29, 1.82) is 0 Å². The third kappa shape index (κ3) is 3.53. The van der Waals surface area contributed by atoms with Gasteiger partial charge in [-0.25, -0.2) is 4.79 Å². The molecule has 6 nitrogen and oxygen atoms in total. The zero-order valence-corrected chi connectivity index (χ0v) is 11.9. The standard InChI is InChI=1S/C15H17NO5/c1-16-8-7-13(15(16)19)21-12-5-4-11(20-2)9-10(12)3-6-14(17)18/h3-6,9,13H,7-8H2,1-2H3,(H,17,18). The number of aliphatic carboxylic acids is 1. The van der Waals surface area contributed by atoms with E-state index in [2.05, 4.69) is 0 Å². The summed E-state index contributed by atoms with van der Waals surface area (Å²) < 4.78 is 10.8. The highest BCUT2D eigenvalue weighted by Gasteiger charge is 2.31. The molecule has 1 aromatic rings. The van der Waals surface area contributed by atoms with E-state index < -0.39 is 12.1 Å². The third-order valence-corrected chi connectivity index (χ3v) is 3.27. The van der Waals surface area contributed by atoms with E-state index in [0.29, 0.717) is 30.0 Å². The molecule has 112 valence electrons. The Kier molecular flexibility index (Phi) is 4.47. The number of amides is 1. The minimum Gasteiger partial charge on any atom is -0.497 e. The van der Waals surface area contributed by atoms with Gasteiger partial charge in [0.2, 0.25) is 0 Å². The maximum Gasteiger partial charge on any atom is 0.328 e. The summed E-state index contributed by atoms with van der Waals surface area (Å²) in [6.45, 7) is 0.653. The number of likely N-dealkylation sites (N-methyl/N-ethyl adjacent to an activating group) is 1. The summed E-state index contributed by atoms with van der Waals surface area (Å²) in [5.74, 6) is -0.0800. The van der Waals surface area contributed by atoms with E-state index in [-0.39, 0.29) is 5.91 Å². The number of carbonyl (C=O) groups excluding carboxylic acids is 1. The van der Waals surface area contributed by atoms with Crippen molar-refractivity contribution in [2.45, 2.75) is 12.5 Å². The summed E-state index contributed by atoms with van der Waals surface area (Å²) >= 11 is 0. The van der Waals surface area contributed by atoms with E-state index in [1.54, 1.807) is 30.1 Å². The smallest absolute Gasteiger partial charge is 0.328 e. The van der Waals surface area contributed by atoms with Crippen LogP contribution in [0.15, 0.2) is 24.3 Å². The van der Waals surface area contributed by atoms with E-state index >= 15 is 0 Å². The molecular weight excluding hydrogens is 274 g/mol. The lowest BCUT2D eigenvalue weighted by molar-refractivity contribution is -0.132.